The standard InChI is InChI=1S/C28H33ClN4O4/c1-19-12-13-33(31-16-20-8-6-5-7-9-20)26(35)24(19)15-25(34)30-17-22-14-23(29)11-10-21(22)18-32(27(36)37)28(2,3)4/h5-14,31H,15-18H2,1-4H3,(H,30,34)(H,36,37). The van der Waals surface area contributed by atoms with E-state index in [1.54, 1.807) is 37.4 Å². The van der Waals surface area contributed by atoms with E-state index in [9.17, 15) is 19.5 Å². The maximum atomic E-state index is 13.0. The van der Waals surface area contributed by atoms with Crippen LogP contribution >= 0.6 is 11.6 Å². The van der Waals surface area contributed by atoms with Gasteiger partial charge in [-0.1, -0.05) is 48.0 Å². The number of aryl methyl sites for hydroxylation is 1. The lowest BCUT2D eigenvalue weighted by atomic mass is 10.0. The number of nitrogens with one attached hydrogen (secondary N) is 2. The Morgan fingerprint density at radius 2 is 1.73 bits per heavy atom. The zero-order valence-electron chi connectivity index (χ0n) is 21.5. The van der Waals surface area contributed by atoms with Crippen molar-refractivity contribution >= 4 is 23.6 Å². The maximum Gasteiger partial charge on any atom is 0.408 e. The predicted molar refractivity (Wildman–Crippen MR) is 145 cm³/mol. The van der Waals surface area contributed by atoms with Crippen LogP contribution in [0, 0.1) is 6.92 Å². The summed E-state index contributed by atoms with van der Waals surface area (Å²) >= 11 is 6.19. The summed E-state index contributed by atoms with van der Waals surface area (Å²) in [6, 6.07) is 16.7. The van der Waals surface area contributed by atoms with Gasteiger partial charge in [-0.2, -0.15) is 0 Å². The Kier molecular flexibility index (Phi) is 8.99. The Morgan fingerprint density at radius 3 is 2.38 bits per heavy atom. The number of halogens is 1. The second-order valence-corrected chi connectivity index (χ2v) is 10.3. The van der Waals surface area contributed by atoms with Crippen molar-refractivity contribution in [3.63, 3.8) is 0 Å². The van der Waals surface area contributed by atoms with Gasteiger partial charge in [-0.25, -0.2) is 9.47 Å². The van der Waals surface area contributed by atoms with Crippen molar-refractivity contribution in [3.8, 4) is 0 Å². The van der Waals surface area contributed by atoms with Crippen LogP contribution in [0.2, 0.25) is 5.02 Å². The Morgan fingerprint density at radius 1 is 1.03 bits per heavy atom. The van der Waals surface area contributed by atoms with Crippen LogP contribution in [0.4, 0.5) is 4.79 Å². The Balaban J connectivity index is 1.71. The normalized spacial score (nSPS) is 11.2. The van der Waals surface area contributed by atoms with Crippen LogP contribution in [0.3, 0.4) is 0 Å². The molecule has 2 aromatic carbocycles. The molecule has 3 N–H and O–H groups in total. The highest BCUT2D eigenvalue weighted by molar-refractivity contribution is 6.30. The number of pyridine rings is 1. The number of amides is 2. The molecular formula is C28H33ClN4O4. The molecule has 8 nitrogen and oxygen atoms in total. The minimum atomic E-state index is -1.03. The number of benzene rings is 2. The Labute approximate surface area is 221 Å². The van der Waals surface area contributed by atoms with E-state index >= 15 is 0 Å². The highest BCUT2D eigenvalue weighted by Crippen LogP contribution is 2.22. The van der Waals surface area contributed by atoms with E-state index in [2.05, 4.69) is 10.7 Å². The summed E-state index contributed by atoms with van der Waals surface area (Å²) in [4.78, 5) is 39.0. The summed E-state index contributed by atoms with van der Waals surface area (Å²) in [7, 11) is 0. The third-order valence-corrected chi connectivity index (χ3v) is 6.31. The first-order valence-corrected chi connectivity index (χ1v) is 12.4. The molecule has 0 saturated heterocycles. The zero-order valence-corrected chi connectivity index (χ0v) is 22.3. The van der Waals surface area contributed by atoms with Crippen molar-refractivity contribution in [1.29, 1.82) is 0 Å². The summed E-state index contributed by atoms with van der Waals surface area (Å²) in [5.74, 6) is -0.321. The van der Waals surface area contributed by atoms with Gasteiger partial charge in [0, 0.05) is 35.4 Å². The molecule has 1 aromatic heterocycles. The van der Waals surface area contributed by atoms with E-state index < -0.39 is 11.6 Å². The molecule has 9 heteroatoms. The minimum absolute atomic E-state index is 0.0857. The van der Waals surface area contributed by atoms with Crippen LogP contribution in [0.25, 0.3) is 0 Å². The summed E-state index contributed by atoms with van der Waals surface area (Å²) in [5, 5.41) is 13.0. The number of rotatable bonds is 9. The van der Waals surface area contributed by atoms with Gasteiger partial charge in [0.1, 0.15) is 0 Å². The quantitative estimate of drug-likeness (QED) is 0.377. The first kappa shape index (κ1) is 27.8. The molecule has 2 amide bonds. The molecule has 3 rings (SSSR count). The topological polar surface area (TPSA) is 104 Å². The first-order chi connectivity index (χ1) is 17.5. The van der Waals surface area contributed by atoms with Crippen molar-refractivity contribution in [3.05, 3.63) is 104 Å². The Bertz CT molecular complexity index is 1320. The number of carbonyl (C=O) groups is 2. The number of carbonyl (C=O) groups excluding carboxylic acids is 1. The molecule has 0 aliphatic carbocycles. The van der Waals surface area contributed by atoms with Gasteiger partial charge in [0.2, 0.25) is 5.91 Å². The van der Waals surface area contributed by atoms with Gasteiger partial charge in [0.05, 0.1) is 13.0 Å². The fraction of sp³-hybridized carbons (Fsp3) is 0.321. The average Bonchev–Trinajstić information content (AvgIpc) is 2.83. The largest absolute Gasteiger partial charge is 0.465 e. The van der Waals surface area contributed by atoms with Crippen LogP contribution < -0.4 is 16.3 Å². The van der Waals surface area contributed by atoms with Gasteiger partial charge in [-0.3, -0.25) is 14.5 Å². The van der Waals surface area contributed by atoms with Crippen molar-refractivity contribution in [2.45, 2.75) is 59.3 Å². The number of nitrogens with zero attached hydrogens (tertiary/aromatic N) is 2. The number of carboxylic acid groups (broad SMARTS) is 1. The lowest BCUT2D eigenvalue weighted by Gasteiger charge is -2.33. The van der Waals surface area contributed by atoms with Gasteiger partial charge < -0.3 is 15.8 Å². The van der Waals surface area contributed by atoms with Crippen molar-refractivity contribution in [2.24, 2.45) is 0 Å². The molecule has 0 bridgehead atoms. The van der Waals surface area contributed by atoms with E-state index in [0.717, 1.165) is 16.7 Å². The van der Waals surface area contributed by atoms with E-state index in [1.165, 1.54) is 9.58 Å². The molecule has 0 fully saturated rings. The van der Waals surface area contributed by atoms with Crippen LogP contribution in [0.5, 0.6) is 0 Å². The number of hydrogen-bond acceptors (Lipinski definition) is 4. The first-order valence-electron chi connectivity index (χ1n) is 12.0. The van der Waals surface area contributed by atoms with E-state index in [0.29, 0.717) is 22.7 Å². The molecular weight excluding hydrogens is 492 g/mol. The smallest absolute Gasteiger partial charge is 0.408 e. The van der Waals surface area contributed by atoms with Gasteiger partial charge in [-0.05, 0) is 68.1 Å². The van der Waals surface area contributed by atoms with E-state index in [-0.39, 0.29) is 31.0 Å². The molecule has 196 valence electrons. The van der Waals surface area contributed by atoms with Crippen molar-refractivity contribution in [1.82, 2.24) is 14.9 Å². The van der Waals surface area contributed by atoms with Crippen molar-refractivity contribution in [2.75, 3.05) is 5.43 Å². The third-order valence-electron chi connectivity index (χ3n) is 6.07. The van der Waals surface area contributed by atoms with Gasteiger partial charge in [0.15, 0.2) is 0 Å². The lowest BCUT2D eigenvalue weighted by molar-refractivity contribution is -0.120. The van der Waals surface area contributed by atoms with Crippen LogP contribution in [-0.2, 0) is 30.8 Å². The van der Waals surface area contributed by atoms with Gasteiger partial charge in [0.25, 0.3) is 5.56 Å². The molecule has 0 radical (unpaired) electrons. The summed E-state index contributed by atoms with van der Waals surface area (Å²) in [6.45, 7) is 8.03. The number of aromatic nitrogens is 1. The SMILES string of the molecule is Cc1ccn(NCc2ccccc2)c(=O)c1CC(=O)NCc1cc(Cl)ccc1CN(C(=O)O)C(C)(C)C. The van der Waals surface area contributed by atoms with E-state index in [1.807, 2.05) is 51.1 Å². The molecule has 0 aliphatic heterocycles. The molecule has 1 heterocycles. The molecule has 0 saturated carbocycles. The zero-order chi connectivity index (χ0) is 27.2. The van der Waals surface area contributed by atoms with E-state index in [4.69, 9.17) is 11.6 Å². The Hall–Kier alpha value is -3.78. The molecule has 0 spiro atoms. The van der Waals surface area contributed by atoms with Gasteiger partial charge in [-0.15, -0.1) is 0 Å². The minimum Gasteiger partial charge on any atom is -0.465 e. The monoisotopic (exact) mass is 524 g/mol. The van der Waals surface area contributed by atoms with Gasteiger partial charge >= 0.3 is 6.09 Å². The summed E-state index contributed by atoms with van der Waals surface area (Å²) in [6.07, 6.45) is 0.538. The predicted octanol–water partition coefficient (Wildman–Crippen LogP) is 4.69. The fourth-order valence-corrected chi connectivity index (χ4v) is 4.07. The van der Waals surface area contributed by atoms with Crippen molar-refractivity contribution < 1.29 is 14.7 Å². The molecule has 0 aliphatic rings. The maximum absolute atomic E-state index is 13.0. The third kappa shape index (κ3) is 7.60. The molecule has 3 aromatic rings. The fourth-order valence-electron chi connectivity index (χ4n) is 3.87. The van der Waals surface area contributed by atoms with Crippen LogP contribution in [-0.4, -0.2) is 32.2 Å². The lowest BCUT2D eigenvalue weighted by Crippen LogP contribution is -2.44. The average molecular weight is 525 g/mol. The van der Waals surface area contributed by atoms with Crippen LogP contribution in [0.1, 0.15) is 48.6 Å². The highest BCUT2D eigenvalue weighted by Gasteiger charge is 2.27. The molecule has 0 unspecified atom stereocenters. The summed E-state index contributed by atoms with van der Waals surface area (Å²) in [5.41, 5.74) is 5.80. The second kappa shape index (κ2) is 12.0. The van der Waals surface area contributed by atoms with Crippen LogP contribution in [0.15, 0.2) is 65.6 Å². The highest BCUT2D eigenvalue weighted by atomic mass is 35.5. The molecule has 0 atom stereocenters. The second-order valence-electron chi connectivity index (χ2n) is 9.88. The summed E-state index contributed by atoms with van der Waals surface area (Å²) < 4.78 is 1.39. The molecule has 37 heavy (non-hydrogen) atoms. The number of hydrogen-bond donors (Lipinski definition) is 3.